The van der Waals surface area contributed by atoms with Crippen LogP contribution >= 0.6 is 12.6 Å². The highest BCUT2D eigenvalue weighted by Crippen LogP contribution is 2.32. The zero-order chi connectivity index (χ0) is 23.4. The van der Waals surface area contributed by atoms with E-state index in [4.69, 9.17) is 9.47 Å². The number of anilines is 2. The summed E-state index contributed by atoms with van der Waals surface area (Å²) >= 11 is 4.32. The fraction of sp³-hybridized carbons (Fsp3) is 0.174. The topological polar surface area (TPSA) is 130 Å². The third-order valence-electron chi connectivity index (χ3n) is 5.01. The molecule has 10 heteroatoms. The van der Waals surface area contributed by atoms with Gasteiger partial charge < -0.3 is 24.9 Å². The SMILES string of the molecule is O=C(Nc1c[nH]c(=O)c(O)c1NC(=O)c1ccc2c(c1)O[C@@H](S)CC2)OCc1ccccc1. The van der Waals surface area contributed by atoms with Gasteiger partial charge in [-0.05, 0) is 36.1 Å². The zero-order valence-corrected chi connectivity index (χ0v) is 18.2. The number of fused-ring (bicyclic) bond motifs is 1. The molecule has 0 spiro atoms. The van der Waals surface area contributed by atoms with Crippen molar-refractivity contribution in [3.05, 3.63) is 81.8 Å². The van der Waals surface area contributed by atoms with Crippen LogP contribution in [0.2, 0.25) is 0 Å². The standard InChI is InChI=1S/C23H21N3O6S/c27-20-19(26-21(28)15-7-6-14-8-9-18(33)32-17(14)10-15)16(11-24-22(20)29)25-23(30)31-12-13-4-2-1-3-5-13/h1-7,10-11,18,27,33H,8-9,12H2,(H,25,30)(H2,24,26,28,29)/t18-/m0/s1. The fourth-order valence-corrected chi connectivity index (χ4v) is 3.54. The number of aryl methyl sites for hydroxylation is 1. The Morgan fingerprint density at radius 1 is 1.18 bits per heavy atom. The number of thiol groups is 1. The number of benzene rings is 2. The largest absolute Gasteiger partial charge is 0.502 e. The molecule has 0 bridgehead atoms. The van der Waals surface area contributed by atoms with Crippen LogP contribution < -0.4 is 20.9 Å². The Morgan fingerprint density at radius 2 is 1.97 bits per heavy atom. The first-order chi connectivity index (χ1) is 15.9. The molecule has 3 aromatic rings. The molecule has 1 aliphatic heterocycles. The van der Waals surface area contributed by atoms with Gasteiger partial charge in [0, 0.05) is 11.8 Å². The first-order valence-electron chi connectivity index (χ1n) is 10.1. The van der Waals surface area contributed by atoms with E-state index in [9.17, 15) is 19.5 Å². The molecule has 4 N–H and O–H groups in total. The summed E-state index contributed by atoms with van der Waals surface area (Å²) in [5.41, 5.74) is 0.594. The second-order valence-corrected chi connectivity index (χ2v) is 7.91. The van der Waals surface area contributed by atoms with Crippen molar-refractivity contribution in [2.75, 3.05) is 10.6 Å². The number of ether oxygens (including phenoxy) is 2. The molecule has 1 atom stereocenters. The van der Waals surface area contributed by atoms with Crippen LogP contribution in [0.3, 0.4) is 0 Å². The maximum absolute atomic E-state index is 12.8. The molecule has 0 fully saturated rings. The lowest BCUT2D eigenvalue weighted by Crippen LogP contribution is -2.21. The van der Waals surface area contributed by atoms with Crippen LogP contribution in [0.1, 0.15) is 27.9 Å². The van der Waals surface area contributed by atoms with Crippen molar-refractivity contribution in [2.45, 2.75) is 24.9 Å². The van der Waals surface area contributed by atoms with Crippen molar-refractivity contribution in [1.29, 1.82) is 0 Å². The normalized spacial score (nSPS) is 14.5. The summed E-state index contributed by atoms with van der Waals surface area (Å²) in [7, 11) is 0. The van der Waals surface area contributed by atoms with Crippen LogP contribution in [0.25, 0.3) is 0 Å². The lowest BCUT2D eigenvalue weighted by molar-refractivity contribution is 0.102. The molecule has 0 unspecified atom stereocenters. The number of amides is 2. The van der Waals surface area contributed by atoms with Crippen LogP contribution in [0.5, 0.6) is 11.5 Å². The van der Waals surface area contributed by atoms with Gasteiger partial charge in [0.05, 0.1) is 5.69 Å². The highest BCUT2D eigenvalue weighted by molar-refractivity contribution is 7.80. The molecule has 33 heavy (non-hydrogen) atoms. The molecule has 2 amide bonds. The van der Waals surface area contributed by atoms with Gasteiger partial charge in [0.15, 0.2) is 0 Å². The highest BCUT2D eigenvalue weighted by atomic mass is 32.1. The Morgan fingerprint density at radius 3 is 2.76 bits per heavy atom. The van der Waals surface area contributed by atoms with Crippen LogP contribution in [0, 0.1) is 0 Å². The van der Waals surface area contributed by atoms with Gasteiger partial charge in [-0.15, -0.1) is 12.6 Å². The van der Waals surface area contributed by atoms with Crippen molar-refractivity contribution in [3.63, 3.8) is 0 Å². The first-order valence-corrected chi connectivity index (χ1v) is 10.6. The molecule has 2 aromatic carbocycles. The van der Waals surface area contributed by atoms with Crippen molar-refractivity contribution in [1.82, 2.24) is 4.98 Å². The average Bonchev–Trinajstić information content (AvgIpc) is 2.82. The molecular formula is C23H21N3O6S. The molecule has 9 nitrogen and oxygen atoms in total. The summed E-state index contributed by atoms with van der Waals surface area (Å²) < 4.78 is 10.8. The Hall–Kier alpha value is -3.92. The molecular weight excluding hydrogens is 446 g/mol. The maximum Gasteiger partial charge on any atom is 0.412 e. The first kappa shape index (κ1) is 22.3. The number of aromatic hydroxyl groups is 1. The predicted molar refractivity (Wildman–Crippen MR) is 125 cm³/mol. The van der Waals surface area contributed by atoms with Crippen molar-refractivity contribution in [3.8, 4) is 11.5 Å². The number of pyridine rings is 1. The second-order valence-electron chi connectivity index (χ2n) is 7.33. The van der Waals surface area contributed by atoms with Crippen LogP contribution in [-0.2, 0) is 17.8 Å². The Balaban J connectivity index is 1.51. The van der Waals surface area contributed by atoms with E-state index < -0.39 is 23.3 Å². The fourth-order valence-electron chi connectivity index (χ4n) is 3.30. The number of carbonyl (C=O) groups excluding carboxylic acids is 2. The molecule has 0 aliphatic carbocycles. The van der Waals surface area contributed by atoms with Crippen LogP contribution in [0.4, 0.5) is 16.2 Å². The van der Waals surface area contributed by atoms with Crippen LogP contribution in [-0.4, -0.2) is 27.5 Å². The van der Waals surface area contributed by atoms with E-state index >= 15 is 0 Å². The van der Waals surface area contributed by atoms with E-state index in [0.29, 0.717) is 5.75 Å². The summed E-state index contributed by atoms with van der Waals surface area (Å²) in [5, 5.41) is 15.1. The van der Waals surface area contributed by atoms with Crippen molar-refractivity contribution >= 4 is 36.0 Å². The van der Waals surface area contributed by atoms with Gasteiger partial charge in [-0.25, -0.2) is 4.79 Å². The number of nitrogens with one attached hydrogen (secondary N) is 3. The van der Waals surface area contributed by atoms with Gasteiger partial charge in [0.25, 0.3) is 11.5 Å². The average molecular weight is 468 g/mol. The molecule has 0 saturated heterocycles. The van der Waals surface area contributed by atoms with E-state index in [1.54, 1.807) is 30.3 Å². The highest BCUT2D eigenvalue weighted by Gasteiger charge is 2.21. The van der Waals surface area contributed by atoms with Crippen molar-refractivity contribution < 1.29 is 24.2 Å². The van der Waals surface area contributed by atoms with E-state index in [2.05, 4.69) is 28.2 Å². The van der Waals surface area contributed by atoms with E-state index in [0.717, 1.165) is 30.2 Å². The molecule has 0 radical (unpaired) electrons. The van der Waals surface area contributed by atoms with E-state index in [1.807, 2.05) is 18.2 Å². The van der Waals surface area contributed by atoms with Gasteiger partial charge >= 0.3 is 6.09 Å². The zero-order valence-electron chi connectivity index (χ0n) is 17.3. The Labute approximate surface area is 194 Å². The van der Waals surface area contributed by atoms with Gasteiger partial charge in [-0.2, -0.15) is 0 Å². The van der Waals surface area contributed by atoms with E-state index in [-0.39, 0.29) is 29.0 Å². The maximum atomic E-state index is 12.8. The number of aromatic nitrogens is 1. The lowest BCUT2D eigenvalue weighted by Gasteiger charge is -2.23. The number of hydrogen-bond donors (Lipinski definition) is 5. The van der Waals surface area contributed by atoms with Crippen molar-refractivity contribution in [2.24, 2.45) is 0 Å². The quantitative estimate of drug-likeness (QED) is 0.364. The summed E-state index contributed by atoms with van der Waals surface area (Å²) in [6, 6.07) is 14.0. The minimum Gasteiger partial charge on any atom is -0.502 e. The summed E-state index contributed by atoms with van der Waals surface area (Å²) in [5.74, 6) is -0.815. The van der Waals surface area contributed by atoms with Gasteiger partial charge in [0.2, 0.25) is 5.75 Å². The van der Waals surface area contributed by atoms with E-state index in [1.165, 1.54) is 0 Å². The molecule has 0 saturated carbocycles. The Bertz CT molecular complexity index is 1240. The number of H-pyrrole nitrogens is 1. The minimum absolute atomic E-state index is 0.0188. The van der Waals surface area contributed by atoms with Gasteiger partial charge in [0.1, 0.15) is 23.5 Å². The van der Waals surface area contributed by atoms with Crippen LogP contribution in [0.15, 0.2) is 59.5 Å². The smallest absolute Gasteiger partial charge is 0.412 e. The molecule has 1 aliphatic rings. The second kappa shape index (κ2) is 9.70. The Kier molecular flexibility index (Phi) is 6.55. The summed E-state index contributed by atoms with van der Waals surface area (Å²) in [4.78, 5) is 39.3. The number of hydrogen-bond acceptors (Lipinski definition) is 7. The summed E-state index contributed by atoms with van der Waals surface area (Å²) in [6.45, 7) is 0.0188. The third-order valence-corrected chi connectivity index (χ3v) is 5.37. The van der Waals surface area contributed by atoms with Gasteiger partial charge in [-0.1, -0.05) is 36.4 Å². The third kappa shape index (κ3) is 5.29. The minimum atomic E-state index is -0.833. The summed E-state index contributed by atoms with van der Waals surface area (Å²) in [6.07, 6.45) is 1.86. The number of aromatic amines is 1. The molecule has 2 heterocycles. The number of rotatable bonds is 5. The molecule has 4 rings (SSSR count). The lowest BCUT2D eigenvalue weighted by atomic mass is 10.0. The predicted octanol–water partition coefficient (Wildman–Crippen LogP) is 3.66. The number of carbonyl (C=O) groups is 2. The monoisotopic (exact) mass is 467 g/mol. The van der Waals surface area contributed by atoms with Gasteiger partial charge in [-0.3, -0.25) is 14.9 Å². The molecule has 1 aromatic heterocycles. The molecule has 170 valence electrons.